The van der Waals surface area contributed by atoms with Gasteiger partial charge < -0.3 is 4.74 Å². The first-order valence-electron chi connectivity index (χ1n) is 4.66. The van der Waals surface area contributed by atoms with Gasteiger partial charge in [0.15, 0.2) is 0 Å². The van der Waals surface area contributed by atoms with Crippen molar-refractivity contribution in [3.63, 3.8) is 0 Å². The predicted molar refractivity (Wildman–Crippen MR) is 56.9 cm³/mol. The molecule has 0 unspecified atom stereocenters. The van der Waals surface area contributed by atoms with Crippen LogP contribution in [-0.4, -0.2) is 13.1 Å². The molecule has 3 nitrogen and oxygen atoms in total. The second-order valence-corrected chi connectivity index (χ2v) is 3.75. The SMILES string of the molecule is COC(=O)Cc1c(Cl)cc(C(F)(F)F)cc1C#N. The van der Waals surface area contributed by atoms with E-state index in [4.69, 9.17) is 16.9 Å². The number of methoxy groups -OCH3 is 1. The molecule has 7 heteroatoms. The normalized spacial score (nSPS) is 10.9. The number of alkyl halides is 3. The van der Waals surface area contributed by atoms with Gasteiger partial charge in [-0.1, -0.05) is 11.6 Å². The van der Waals surface area contributed by atoms with E-state index in [9.17, 15) is 18.0 Å². The summed E-state index contributed by atoms with van der Waals surface area (Å²) in [7, 11) is 1.13. The number of rotatable bonds is 2. The van der Waals surface area contributed by atoms with Crippen molar-refractivity contribution in [1.82, 2.24) is 0 Å². The smallest absolute Gasteiger partial charge is 0.416 e. The molecule has 0 aliphatic carbocycles. The minimum atomic E-state index is -4.60. The first-order chi connectivity index (χ1) is 8.29. The lowest BCUT2D eigenvalue weighted by Crippen LogP contribution is -2.10. The third kappa shape index (κ3) is 3.14. The highest BCUT2D eigenvalue weighted by molar-refractivity contribution is 6.31. The number of hydrogen-bond donors (Lipinski definition) is 0. The van der Waals surface area contributed by atoms with E-state index < -0.39 is 17.7 Å². The zero-order valence-electron chi connectivity index (χ0n) is 9.14. The van der Waals surface area contributed by atoms with Crippen LogP contribution in [0.2, 0.25) is 5.02 Å². The van der Waals surface area contributed by atoms with Crippen molar-refractivity contribution >= 4 is 17.6 Å². The molecule has 0 bridgehead atoms. The Morgan fingerprint density at radius 3 is 2.56 bits per heavy atom. The summed E-state index contributed by atoms with van der Waals surface area (Å²) in [6.07, 6.45) is -4.95. The summed E-state index contributed by atoms with van der Waals surface area (Å²) in [6, 6.07) is 2.92. The largest absolute Gasteiger partial charge is 0.469 e. The molecular formula is C11H7ClF3NO2. The third-order valence-corrected chi connectivity index (χ3v) is 2.53. The Morgan fingerprint density at radius 2 is 2.11 bits per heavy atom. The maximum absolute atomic E-state index is 12.5. The maximum atomic E-state index is 12.5. The second-order valence-electron chi connectivity index (χ2n) is 3.35. The van der Waals surface area contributed by atoms with Gasteiger partial charge in [0.25, 0.3) is 0 Å². The fraction of sp³-hybridized carbons (Fsp3) is 0.273. The maximum Gasteiger partial charge on any atom is 0.416 e. The van der Waals surface area contributed by atoms with E-state index >= 15 is 0 Å². The van der Waals surface area contributed by atoms with E-state index in [1.165, 1.54) is 0 Å². The molecule has 96 valence electrons. The molecule has 0 aliphatic heterocycles. The van der Waals surface area contributed by atoms with E-state index in [1.54, 1.807) is 6.07 Å². The highest BCUT2D eigenvalue weighted by atomic mass is 35.5. The molecule has 0 spiro atoms. The monoisotopic (exact) mass is 277 g/mol. The van der Waals surface area contributed by atoms with E-state index in [0.717, 1.165) is 7.11 Å². The molecule has 0 saturated carbocycles. The van der Waals surface area contributed by atoms with Crippen molar-refractivity contribution in [2.75, 3.05) is 7.11 Å². The van der Waals surface area contributed by atoms with Gasteiger partial charge in [-0.05, 0) is 17.7 Å². The van der Waals surface area contributed by atoms with Crippen molar-refractivity contribution in [3.05, 3.63) is 33.8 Å². The lowest BCUT2D eigenvalue weighted by Gasteiger charge is -2.11. The van der Waals surface area contributed by atoms with Crippen LogP contribution in [0.25, 0.3) is 0 Å². The topological polar surface area (TPSA) is 50.1 Å². The van der Waals surface area contributed by atoms with Crippen molar-refractivity contribution in [2.24, 2.45) is 0 Å². The standard InChI is InChI=1S/C11H7ClF3NO2/c1-18-10(17)4-8-6(5-16)2-7(3-9(8)12)11(13,14)15/h2-3H,4H2,1H3. The number of hydrogen-bond acceptors (Lipinski definition) is 3. The highest BCUT2D eigenvalue weighted by Gasteiger charge is 2.32. The van der Waals surface area contributed by atoms with Gasteiger partial charge in [0, 0.05) is 5.02 Å². The van der Waals surface area contributed by atoms with Gasteiger partial charge >= 0.3 is 12.1 Å². The minimum absolute atomic E-state index is 0.0269. The molecule has 0 amide bonds. The lowest BCUT2D eigenvalue weighted by atomic mass is 10.0. The Labute approximate surface area is 106 Å². The summed E-state index contributed by atoms with van der Waals surface area (Å²) in [5.41, 5.74) is -1.29. The van der Waals surface area contributed by atoms with Crippen LogP contribution < -0.4 is 0 Å². The van der Waals surface area contributed by atoms with Crippen molar-refractivity contribution < 1.29 is 22.7 Å². The van der Waals surface area contributed by atoms with Crippen molar-refractivity contribution in [3.8, 4) is 6.07 Å². The van der Waals surface area contributed by atoms with E-state index in [0.29, 0.717) is 12.1 Å². The van der Waals surface area contributed by atoms with Crippen LogP contribution in [0.1, 0.15) is 16.7 Å². The minimum Gasteiger partial charge on any atom is -0.469 e. The van der Waals surface area contributed by atoms with Crippen molar-refractivity contribution in [2.45, 2.75) is 12.6 Å². The zero-order valence-corrected chi connectivity index (χ0v) is 9.89. The number of carbonyl (C=O) groups is 1. The first-order valence-corrected chi connectivity index (χ1v) is 5.04. The Hall–Kier alpha value is -1.74. The van der Waals surface area contributed by atoms with Crippen LogP contribution in [0.15, 0.2) is 12.1 Å². The Kier molecular flexibility index (Phi) is 4.19. The van der Waals surface area contributed by atoms with Gasteiger partial charge in [-0.25, -0.2) is 0 Å². The average Bonchev–Trinajstić information content (AvgIpc) is 2.29. The molecule has 0 fully saturated rings. The van der Waals surface area contributed by atoms with Crippen LogP contribution in [0.5, 0.6) is 0 Å². The molecule has 0 aliphatic rings. The van der Waals surface area contributed by atoms with Crippen LogP contribution in [0.3, 0.4) is 0 Å². The molecule has 1 rings (SSSR count). The van der Waals surface area contributed by atoms with E-state index in [-0.39, 0.29) is 22.6 Å². The predicted octanol–water partition coefficient (Wildman–Crippen LogP) is 2.95. The molecule has 0 radical (unpaired) electrons. The summed E-state index contributed by atoms with van der Waals surface area (Å²) in [6.45, 7) is 0. The number of halogens is 4. The molecule has 1 aromatic carbocycles. The van der Waals surface area contributed by atoms with Crippen LogP contribution in [0.4, 0.5) is 13.2 Å². The third-order valence-electron chi connectivity index (χ3n) is 2.19. The molecule has 0 N–H and O–H groups in total. The number of carbonyl (C=O) groups excluding carboxylic acids is 1. The van der Waals surface area contributed by atoms with Gasteiger partial charge in [-0.3, -0.25) is 4.79 Å². The molecule has 18 heavy (non-hydrogen) atoms. The van der Waals surface area contributed by atoms with Gasteiger partial charge in [-0.15, -0.1) is 0 Å². The number of benzene rings is 1. The summed E-state index contributed by atoms with van der Waals surface area (Å²) >= 11 is 5.66. The van der Waals surface area contributed by atoms with Crippen LogP contribution in [-0.2, 0) is 22.1 Å². The second kappa shape index (κ2) is 5.27. The summed E-state index contributed by atoms with van der Waals surface area (Å²) < 4.78 is 41.8. The van der Waals surface area contributed by atoms with Gasteiger partial charge in [0.2, 0.25) is 0 Å². The highest BCUT2D eigenvalue weighted by Crippen LogP contribution is 2.34. The van der Waals surface area contributed by atoms with Crippen LogP contribution in [0, 0.1) is 11.3 Å². The Morgan fingerprint density at radius 1 is 1.50 bits per heavy atom. The number of ether oxygens (including phenoxy) is 1. The summed E-state index contributed by atoms with van der Waals surface area (Å²) in [5, 5.41) is 8.51. The summed E-state index contributed by atoms with van der Waals surface area (Å²) in [4.78, 5) is 11.1. The molecular weight excluding hydrogens is 271 g/mol. The molecule has 0 heterocycles. The van der Waals surface area contributed by atoms with Gasteiger partial charge in [0.05, 0.1) is 30.7 Å². The van der Waals surface area contributed by atoms with Crippen LogP contribution >= 0.6 is 11.6 Å². The van der Waals surface area contributed by atoms with Gasteiger partial charge in [0.1, 0.15) is 0 Å². The zero-order chi connectivity index (χ0) is 13.9. The van der Waals surface area contributed by atoms with Gasteiger partial charge in [-0.2, -0.15) is 18.4 Å². The quantitative estimate of drug-likeness (QED) is 0.781. The summed E-state index contributed by atoms with van der Waals surface area (Å²) in [5.74, 6) is -0.687. The lowest BCUT2D eigenvalue weighted by molar-refractivity contribution is -0.139. The van der Waals surface area contributed by atoms with Crippen molar-refractivity contribution in [1.29, 1.82) is 5.26 Å². The average molecular weight is 278 g/mol. The number of nitrogens with zero attached hydrogens (tertiary/aromatic N) is 1. The Balaban J connectivity index is 3.30. The fourth-order valence-electron chi connectivity index (χ4n) is 1.30. The molecule has 0 aromatic heterocycles. The molecule has 0 atom stereocenters. The van der Waals surface area contributed by atoms with E-state index in [1.807, 2.05) is 0 Å². The van der Waals surface area contributed by atoms with E-state index in [2.05, 4.69) is 4.74 Å². The number of esters is 1. The fourth-order valence-corrected chi connectivity index (χ4v) is 1.58. The number of nitriles is 1. The molecule has 1 aromatic rings. The molecule has 0 saturated heterocycles. The Bertz CT molecular complexity index is 520. The first kappa shape index (κ1) is 14.3.